The van der Waals surface area contributed by atoms with Gasteiger partial charge in [-0.25, -0.2) is 0 Å². The molecule has 0 bridgehead atoms. The molecule has 0 spiro atoms. The van der Waals surface area contributed by atoms with Gasteiger partial charge in [0, 0.05) is 11.6 Å². The number of amides is 1. The summed E-state index contributed by atoms with van der Waals surface area (Å²) in [6, 6.07) is 20.0. The summed E-state index contributed by atoms with van der Waals surface area (Å²) in [7, 11) is 0. The fourth-order valence-electron chi connectivity index (χ4n) is 2.62. The fourth-order valence-corrected chi connectivity index (χ4v) is 3.31. The number of hydrogen-bond acceptors (Lipinski definition) is 5. The first kappa shape index (κ1) is 19.2. The minimum atomic E-state index is -0.312. The average Bonchev–Trinajstić information content (AvgIpc) is 3.16. The van der Waals surface area contributed by atoms with Gasteiger partial charge < -0.3 is 9.73 Å². The molecule has 0 radical (unpaired) electrons. The Bertz CT molecular complexity index is 852. The molecule has 0 fully saturated rings. The van der Waals surface area contributed by atoms with Gasteiger partial charge in [-0.05, 0) is 44.4 Å². The van der Waals surface area contributed by atoms with Crippen molar-refractivity contribution in [1.29, 1.82) is 0 Å². The SMILES string of the molecule is C[C@H](CCc1ccccc1)NC(=O)[C@@H](C)Sc1nnc(-c2ccccc2)o1. The van der Waals surface area contributed by atoms with E-state index in [1.807, 2.05) is 62.4 Å². The van der Waals surface area contributed by atoms with Crippen molar-refractivity contribution in [2.24, 2.45) is 0 Å². The van der Waals surface area contributed by atoms with Crippen LogP contribution in [0.1, 0.15) is 25.8 Å². The van der Waals surface area contributed by atoms with Crippen molar-refractivity contribution in [3.05, 3.63) is 66.2 Å². The van der Waals surface area contributed by atoms with Crippen LogP contribution in [0, 0.1) is 0 Å². The molecule has 3 rings (SSSR count). The minimum absolute atomic E-state index is 0.0278. The number of nitrogens with one attached hydrogen (secondary N) is 1. The van der Waals surface area contributed by atoms with Gasteiger partial charge in [-0.15, -0.1) is 10.2 Å². The molecule has 0 aliphatic carbocycles. The topological polar surface area (TPSA) is 68.0 Å². The zero-order chi connectivity index (χ0) is 19.1. The van der Waals surface area contributed by atoms with Gasteiger partial charge >= 0.3 is 0 Å². The van der Waals surface area contributed by atoms with Crippen molar-refractivity contribution in [2.75, 3.05) is 0 Å². The number of carbonyl (C=O) groups is 1. The van der Waals surface area contributed by atoms with Gasteiger partial charge in [-0.3, -0.25) is 4.79 Å². The number of carbonyl (C=O) groups excluding carboxylic acids is 1. The Balaban J connectivity index is 1.48. The van der Waals surface area contributed by atoms with Gasteiger partial charge in [0.05, 0.1) is 5.25 Å². The maximum Gasteiger partial charge on any atom is 0.277 e. The first-order valence-corrected chi connectivity index (χ1v) is 9.89. The monoisotopic (exact) mass is 381 g/mol. The molecule has 0 unspecified atom stereocenters. The van der Waals surface area contributed by atoms with E-state index in [0.29, 0.717) is 11.1 Å². The van der Waals surface area contributed by atoms with Gasteiger partial charge in [0.25, 0.3) is 5.22 Å². The Kier molecular flexibility index (Phi) is 6.65. The van der Waals surface area contributed by atoms with Crippen LogP contribution < -0.4 is 5.32 Å². The molecule has 6 heteroatoms. The Hall–Kier alpha value is -2.60. The van der Waals surface area contributed by atoms with Crippen LogP contribution in [0.5, 0.6) is 0 Å². The third-order valence-corrected chi connectivity index (χ3v) is 5.11. The molecule has 1 N–H and O–H groups in total. The van der Waals surface area contributed by atoms with Crippen molar-refractivity contribution < 1.29 is 9.21 Å². The van der Waals surface area contributed by atoms with Crippen molar-refractivity contribution >= 4 is 17.7 Å². The summed E-state index contributed by atoms with van der Waals surface area (Å²) in [5, 5.41) is 11.2. The molecule has 27 heavy (non-hydrogen) atoms. The second-order valence-corrected chi connectivity index (χ2v) is 7.73. The van der Waals surface area contributed by atoms with Crippen molar-refractivity contribution in [2.45, 2.75) is 43.2 Å². The van der Waals surface area contributed by atoms with Gasteiger partial charge in [0.2, 0.25) is 11.8 Å². The van der Waals surface area contributed by atoms with Crippen LogP contribution in [-0.2, 0) is 11.2 Å². The molecule has 1 aromatic heterocycles. The zero-order valence-corrected chi connectivity index (χ0v) is 16.3. The first-order valence-electron chi connectivity index (χ1n) is 9.01. The molecular weight excluding hydrogens is 358 g/mol. The highest BCUT2D eigenvalue weighted by Gasteiger charge is 2.20. The Labute approximate surface area is 163 Å². The number of rotatable bonds is 8. The van der Waals surface area contributed by atoms with E-state index in [2.05, 4.69) is 27.6 Å². The van der Waals surface area contributed by atoms with Crippen LogP contribution in [0.15, 0.2) is 70.3 Å². The molecular formula is C21H23N3O2S. The van der Waals surface area contributed by atoms with Gasteiger partial charge in [0.15, 0.2) is 0 Å². The maximum atomic E-state index is 12.4. The third-order valence-electron chi connectivity index (χ3n) is 4.17. The van der Waals surface area contributed by atoms with Crippen LogP contribution in [0.2, 0.25) is 0 Å². The van der Waals surface area contributed by atoms with E-state index in [-0.39, 0.29) is 17.2 Å². The Morgan fingerprint density at radius 2 is 1.70 bits per heavy atom. The smallest absolute Gasteiger partial charge is 0.277 e. The Morgan fingerprint density at radius 1 is 1.04 bits per heavy atom. The molecule has 0 aliphatic rings. The highest BCUT2D eigenvalue weighted by Crippen LogP contribution is 2.26. The minimum Gasteiger partial charge on any atom is -0.411 e. The van der Waals surface area contributed by atoms with Crippen LogP contribution in [-0.4, -0.2) is 27.4 Å². The fraction of sp³-hybridized carbons (Fsp3) is 0.286. The van der Waals surface area contributed by atoms with Crippen LogP contribution >= 0.6 is 11.8 Å². The molecule has 2 aromatic carbocycles. The second-order valence-electron chi connectivity index (χ2n) is 6.43. The summed E-state index contributed by atoms with van der Waals surface area (Å²) >= 11 is 1.27. The number of aryl methyl sites for hydroxylation is 1. The molecule has 1 amide bonds. The van der Waals surface area contributed by atoms with Crippen molar-refractivity contribution in [3.63, 3.8) is 0 Å². The van der Waals surface area contributed by atoms with Gasteiger partial charge in [0.1, 0.15) is 0 Å². The number of hydrogen-bond donors (Lipinski definition) is 1. The maximum absolute atomic E-state index is 12.4. The lowest BCUT2D eigenvalue weighted by Gasteiger charge is -2.16. The molecule has 0 aliphatic heterocycles. The lowest BCUT2D eigenvalue weighted by atomic mass is 10.1. The van der Waals surface area contributed by atoms with Gasteiger partial charge in [-0.1, -0.05) is 60.3 Å². The lowest BCUT2D eigenvalue weighted by Crippen LogP contribution is -2.37. The average molecular weight is 382 g/mol. The van der Waals surface area contributed by atoms with Gasteiger partial charge in [-0.2, -0.15) is 0 Å². The largest absolute Gasteiger partial charge is 0.411 e. The van der Waals surface area contributed by atoms with E-state index < -0.39 is 0 Å². The van der Waals surface area contributed by atoms with Crippen LogP contribution in [0.4, 0.5) is 0 Å². The molecule has 1 heterocycles. The van der Waals surface area contributed by atoms with Crippen LogP contribution in [0.25, 0.3) is 11.5 Å². The molecule has 0 saturated carbocycles. The molecule has 2 atom stereocenters. The number of benzene rings is 2. The second kappa shape index (κ2) is 9.37. The van der Waals surface area contributed by atoms with E-state index in [9.17, 15) is 4.79 Å². The van der Waals surface area contributed by atoms with Crippen LogP contribution in [0.3, 0.4) is 0 Å². The van der Waals surface area contributed by atoms with Crippen molar-refractivity contribution in [3.8, 4) is 11.5 Å². The summed E-state index contributed by atoms with van der Waals surface area (Å²) in [5.74, 6) is 0.432. The predicted octanol–water partition coefficient (Wildman–Crippen LogP) is 4.35. The molecule has 0 saturated heterocycles. The first-order chi connectivity index (χ1) is 13.1. The summed E-state index contributed by atoms with van der Waals surface area (Å²) in [6.07, 6.45) is 1.83. The Morgan fingerprint density at radius 3 is 2.41 bits per heavy atom. The van der Waals surface area contributed by atoms with Crippen molar-refractivity contribution in [1.82, 2.24) is 15.5 Å². The summed E-state index contributed by atoms with van der Waals surface area (Å²) in [4.78, 5) is 12.4. The summed E-state index contributed by atoms with van der Waals surface area (Å²) in [6.45, 7) is 3.87. The third kappa shape index (κ3) is 5.69. The van der Waals surface area contributed by atoms with E-state index in [1.54, 1.807) is 0 Å². The van der Waals surface area contributed by atoms with E-state index in [0.717, 1.165) is 18.4 Å². The van der Waals surface area contributed by atoms with E-state index >= 15 is 0 Å². The number of aromatic nitrogens is 2. The standard InChI is InChI=1S/C21H23N3O2S/c1-15(13-14-17-9-5-3-6-10-17)22-19(25)16(2)27-21-24-23-20(26-21)18-11-7-4-8-12-18/h3-12,15-16H,13-14H2,1-2H3,(H,22,25)/t15-,16-/m1/s1. The predicted molar refractivity (Wildman–Crippen MR) is 107 cm³/mol. The lowest BCUT2D eigenvalue weighted by molar-refractivity contribution is -0.120. The summed E-state index contributed by atoms with van der Waals surface area (Å²) < 4.78 is 5.66. The van der Waals surface area contributed by atoms with E-state index in [4.69, 9.17) is 4.42 Å². The highest BCUT2D eigenvalue weighted by molar-refractivity contribution is 8.00. The highest BCUT2D eigenvalue weighted by atomic mass is 32.2. The quantitative estimate of drug-likeness (QED) is 0.587. The molecule has 140 valence electrons. The number of nitrogens with zero attached hydrogens (tertiary/aromatic N) is 2. The molecule has 5 nitrogen and oxygen atoms in total. The van der Waals surface area contributed by atoms with E-state index in [1.165, 1.54) is 17.3 Å². The number of thioether (sulfide) groups is 1. The zero-order valence-electron chi connectivity index (χ0n) is 15.5. The molecule has 3 aromatic rings. The normalized spacial score (nSPS) is 13.1. The summed E-state index contributed by atoms with van der Waals surface area (Å²) in [5.41, 5.74) is 2.14.